The Morgan fingerprint density at radius 1 is 0.750 bits per heavy atom. The smallest absolute Gasteiger partial charge is 0.0717 e. The molecule has 2 aromatic carbocycles. The van der Waals surface area contributed by atoms with E-state index in [1.165, 1.54) is 39.0 Å². The molecule has 2 heterocycles. The van der Waals surface area contributed by atoms with Crippen LogP contribution in [0.4, 0.5) is 0 Å². The molecule has 0 saturated heterocycles. The van der Waals surface area contributed by atoms with Crippen molar-refractivity contribution in [2.45, 2.75) is 20.8 Å². The minimum absolute atomic E-state index is 1.16. The lowest BCUT2D eigenvalue weighted by Crippen LogP contribution is -1.96. The average Bonchev–Trinajstić information content (AvgIpc) is 2.87. The van der Waals surface area contributed by atoms with Gasteiger partial charge >= 0.3 is 0 Å². The zero-order chi connectivity index (χ0) is 16.7. The van der Waals surface area contributed by atoms with Crippen molar-refractivity contribution in [1.82, 2.24) is 9.55 Å². The predicted octanol–water partition coefficient (Wildman–Crippen LogP) is 5.62. The van der Waals surface area contributed by atoms with Gasteiger partial charge in [-0.3, -0.25) is 4.98 Å². The SMILES string of the molecule is Cc1ccc(-c2ccc(-n3c(C)c(C)c4ccncc43)cc2)cc1. The molecule has 0 aliphatic heterocycles. The third-order valence-corrected chi connectivity index (χ3v) is 4.83. The molecule has 24 heavy (non-hydrogen) atoms. The normalized spacial score (nSPS) is 11.1. The monoisotopic (exact) mass is 312 g/mol. The van der Waals surface area contributed by atoms with Crippen LogP contribution in [0.15, 0.2) is 67.0 Å². The lowest BCUT2D eigenvalue weighted by atomic mass is 10.0. The van der Waals surface area contributed by atoms with Gasteiger partial charge < -0.3 is 4.57 Å². The van der Waals surface area contributed by atoms with Crippen molar-refractivity contribution in [1.29, 1.82) is 0 Å². The van der Waals surface area contributed by atoms with E-state index in [0.717, 1.165) is 5.52 Å². The van der Waals surface area contributed by atoms with Crippen molar-refractivity contribution in [2.75, 3.05) is 0 Å². The maximum atomic E-state index is 4.31. The Morgan fingerprint density at radius 2 is 1.38 bits per heavy atom. The molecule has 2 nitrogen and oxygen atoms in total. The molecular weight excluding hydrogens is 292 g/mol. The van der Waals surface area contributed by atoms with Crippen LogP contribution < -0.4 is 0 Å². The summed E-state index contributed by atoms with van der Waals surface area (Å²) in [6, 6.07) is 19.5. The molecule has 2 heteroatoms. The fourth-order valence-corrected chi connectivity index (χ4v) is 3.31. The van der Waals surface area contributed by atoms with Crippen molar-refractivity contribution >= 4 is 10.9 Å². The van der Waals surface area contributed by atoms with Gasteiger partial charge in [-0.2, -0.15) is 0 Å². The van der Waals surface area contributed by atoms with E-state index in [0.29, 0.717) is 0 Å². The number of benzene rings is 2. The van der Waals surface area contributed by atoms with Crippen LogP contribution in [0.25, 0.3) is 27.7 Å². The number of hydrogen-bond acceptors (Lipinski definition) is 1. The molecule has 0 N–H and O–H groups in total. The van der Waals surface area contributed by atoms with Crippen LogP contribution in [0, 0.1) is 20.8 Å². The highest BCUT2D eigenvalue weighted by atomic mass is 15.0. The van der Waals surface area contributed by atoms with Gasteiger partial charge in [-0.1, -0.05) is 42.0 Å². The zero-order valence-corrected chi connectivity index (χ0v) is 14.2. The fraction of sp³-hybridized carbons (Fsp3) is 0.136. The molecular formula is C22H20N2. The van der Waals surface area contributed by atoms with Gasteiger partial charge in [0.2, 0.25) is 0 Å². The average molecular weight is 312 g/mol. The van der Waals surface area contributed by atoms with Gasteiger partial charge in [0.25, 0.3) is 0 Å². The maximum Gasteiger partial charge on any atom is 0.0717 e. The molecule has 0 spiro atoms. The number of hydrogen-bond donors (Lipinski definition) is 0. The fourth-order valence-electron chi connectivity index (χ4n) is 3.31. The number of nitrogens with zero attached hydrogens (tertiary/aromatic N) is 2. The molecule has 0 unspecified atom stereocenters. The maximum absolute atomic E-state index is 4.31. The lowest BCUT2D eigenvalue weighted by Gasteiger charge is -2.10. The minimum Gasteiger partial charge on any atom is -0.312 e. The summed E-state index contributed by atoms with van der Waals surface area (Å²) in [4.78, 5) is 4.31. The van der Waals surface area contributed by atoms with E-state index >= 15 is 0 Å². The van der Waals surface area contributed by atoms with E-state index in [1.807, 2.05) is 12.4 Å². The van der Waals surface area contributed by atoms with Crippen LogP contribution in [-0.4, -0.2) is 9.55 Å². The molecule has 0 saturated carbocycles. The highest BCUT2D eigenvalue weighted by Crippen LogP contribution is 2.29. The molecule has 0 fully saturated rings. The van der Waals surface area contributed by atoms with E-state index < -0.39 is 0 Å². The Hall–Kier alpha value is -2.87. The number of rotatable bonds is 2. The summed E-state index contributed by atoms with van der Waals surface area (Å²) in [5, 5.41) is 1.27. The van der Waals surface area contributed by atoms with E-state index in [2.05, 4.69) is 84.9 Å². The highest BCUT2D eigenvalue weighted by Gasteiger charge is 2.12. The first-order valence-corrected chi connectivity index (χ1v) is 8.24. The van der Waals surface area contributed by atoms with Crippen LogP contribution in [0.1, 0.15) is 16.8 Å². The van der Waals surface area contributed by atoms with Gasteiger partial charge in [0.15, 0.2) is 0 Å². The second-order valence-electron chi connectivity index (χ2n) is 6.35. The van der Waals surface area contributed by atoms with Gasteiger partial charge in [0, 0.05) is 23.0 Å². The Labute approximate surface area is 142 Å². The molecule has 0 atom stereocenters. The Balaban J connectivity index is 1.81. The quantitative estimate of drug-likeness (QED) is 0.470. The molecule has 2 aromatic heterocycles. The van der Waals surface area contributed by atoms with Gasteiger partial charge in [0.05, 0.1) is 11.7 Å². The summed E-state index contributed by atoms with van der Waals surface area (Å²) in [7, 11) is 0. The molecule has 0 aliphatic carbocycles. The van der Waals surface area contributed by atoms with Gasteiger partial charge in [-0.15, -0.1) is 0 Å². The van der Waals surface area contributed by atoms with Gasteiger partial charge in [-0.25, -0.2) is 0 Å². The first kappa shape index (κ1) is 14.7. The van der Waals surface area contributed by atoms with E-state index in [-0.39, 0.29) is 0 Å². The second-order valence-corrected chi connectivity index (χ2v) is 6.35. The summed E-state index contributed by atoms with van der Waals surface area (Å²) >= 11 is 0. The first-order valence-electron chi connectivity index (χ1n) is 8.24. The number of pyridine rings is 1. The highest BCUT2D eigenvalue weighted by molar-refractivity contribution is 5.86. The summed E-state index contributed by atoms with van der Waals surface area (Å²) < 4.78 is 2.29. The van der Waals surface area contributed by atoms with Crippen LogP contribution in [0.3, 0.4) is 0 Å². The molecule has 0 radical (unpaired) electrons. The Morgan fingerprint density at radius 3 is 2.04 bits per heavy atom. The van der Waals surface area contributed by atoms with Crippen molar-refractivity contribution in [3.8, 4) is 16.8 Å². The van der Waals surface area contributed by atoms with E-state index in [1.54, 1.807) is 0 Å². The lowest BCUT2D eigenvalue weighted by molar-refractivity contribution is 1.04. The van der Waals surface area contributed by atoms with Crippen molar-refractivity contribution < 1.29 is 0 Å². The molecule has 118 valence electrons. The summed E-state index contributed by atoms with van der Waals surface area (Å²) in [5.74, 6) is 0. The van der Waals surface area contributed by atoms with Crippen LogP contribution in [0.2, 0.25) is 0 Å². The van der Waals surface area contributed by atoms with Crippen molar-refractivity contribution in [2.24, 2.45) is 0 Å². The summed E-state index contributed by atoms with van der Waals surface area (Å²) in [6.07, 6.45) is 3.81. The Bertz CT molecular complexity index is 1010. The van der Waals surface area contributed by atoms with Crippen LogP contribution in [-0.2, 0) is 0 Å². The molecule has 0 aliphatic rings. The largest absolute Gasteiger partial charge is 0.312 e. The van der Waals surface area contributed by atoms with Gasteiger partial charge in [-0.05, 0) is 55.7 Å². The first-order chi connectivity index (χ1) is 11.6. The third kappa shape index (κ3) is 2.31. The number of aryl methyl sites for hydroxylation is 2. The number of aromatic nitrogens is 2. The zero-order valence-electron chi connectivity index (χ0n) is 14.2. The van der Waals surface area contributed by atoms with Crippen LogP contribution >= 0.6 is 0 Å². The number of fused-ring (bicyclic) bond motifs is 1. The minimum atomic E-state index is 1.16. The standard InChI is InChI=1S/C22H20N2/c1-15-4-6-18(7-5-15)19-8-10-20(11-9-19)24-17(3)16(2)21-12-13-23-14-22(21)24/h4-14H,1-3H3. The van der Waals surface area contributed by atoms with E-state index in [9.17, 15) is 0 Å². The molecule has 4 aromatic rings. The predicted molar refractivity (Wildman–Crippen MR) is 101 cm³/mol. The molecule has 0 amide bonds. The molecule has 0 bridgehead atoms. The summed E-state index contributed by atoms with van der Waals surface area (Å²) in [6.45, 7) is 6.46. The summed E-state index contributed by atoms with van der Waals surface area (Å²) in [5.41, 5.74) is 8.69. The van der Waals surface area contributed by atoms with Crippen molar-refractivity contribution in [3.05, 3.63) is 83.8 Å². The third-order valence-electron chi connectivity index (χ3n) is 4.83. The van der Waals surface area contributed by atoms with E-state index in [4.69, 9.17) is 0 Å². The second kappa shape index (κ2) is 5.64. The van der Waals surface area contributed by atoms with Crippen molar-refractivity contribution in [3.63, 3.8) is 0 Å². The van der Waals surface area contributed by atoms with Gasteiger partial charge in [0.1, 0.15) is 0 Å². The van der Waals surface area contributed by atoms with Crippen LogP contribution in [0.5, 0.6) is 0 Å². The topological polar surface area (TPSA) is 17.8 Å². The molecule has 4 rings (SSSR count). The Kier molecular flexibility index (Phi) is 3.46.